The quantitative estimate of drug-likeness (QED) is 0.512. The Morgan fingerprint density at radius 3 is 2.70 bits per heavy atom. The molecule has 3 aromatic rings. The summed E-state index contributed by atoms with van der Waals surface area (Å²) in [6, 6.07) is 12.8. The minimum atomic E-state index is -0.957. The van der Waals surface area contributed by atoms with Gasteiger partial charge in [-0.1, -0.05) is 24.8 Å². The molecule has 3 heterocycles. The molecule has 10 nitrogen and oxygen atoms in total. The van der Waals surface area contributed by atoms with Gasteiger partial charge >= 0.3 is 12.0 Å². The van der Waals surface area contributed by atoms with Crippen molar-refractivity contribution in [3.05, 3.63) is 77.0 Å². The molecule has 2 aliphatic heterocycles. The third kappa shape index (κ3) is 4.51. The molecule has 0 radical (unpaired) electrons. The lowest BCUT2D eigenvalue weighted by Gasteiger charge is -2.26. The number of amides is 2. The van der Waals surface area contributed by atoms with E-state index in [0.29, 0.717) is 22.6 Å². The highest BCUT2D eigenvalue weighted by molar-refractivity contribution is 5.94. The van der Waals surface area contributed by atoms with E-state index in [9.17, 15) is 9.59 Å². The molecule has 37 heavy (non-hydrogen) atoms. The number of likely N-dealkylation sites (N-methyl/N-ethyl adjacent to an activating group) is 1. The van der Waals surface area contributed by atoms with Gasteiger partial charge in [0.1, 0.15) is 12.1 Å². The molecule has 0 fully saturated rings. The van der Waals surface area contributed by atoms with Gasteiger partial charge in [-0.2, -0.15) is 0 Å². The van der Waals surface area contributed by atoms with Gasteiger partial charge in [-0.3, -0.25) is 4.90 Å². The number of hydrogen-bond acceptors (Lipinski definition) is 6. The van der Waals surface area contributed by atoms with Gasteiger partial charge in [-0.05, 0) is 45.0 Å². The maximum Gasteiger partial charge on any atom is 0.410 e. The summed E-state index contributed by atoms with van der Waals surface area (Å²) in [6.45, 7) is 13.0. The number of para-hydroxylation sites is 1. The summed E-state index contributed by atoms with van der Waals surface area (Å²) in [5, 5.41) is 0.850. The summed E-state index contributed by atoms with van der Waals surface area (Å²) >= 11 is 0. The summed E-state index contributed by atoms with van der Waals surface area (Å²) in [5.74, 6) is 0.888. The van der Waals surface area contributed by atoms with Crippen molar-refractivity contribution < 1.29 is 28.5 Å². The summed E-state index contributed by atoms with van der Waals surface area (Å²) in [7, 11) is 1.47. The van der Waals surface area contributed by atoms with Gasteiger partial charge in [0.2, 0.25) is 6.79 Å². The number of carbonyl (C=O) groups excluding carboxylic acids is 2. The largest absolute Gasteiger partial charge is 0.458 e. The lowest BCUT2D eigenvalue weighted by atomic mass is 10.1. The van der Waals surface area contributed by atoms with E-state index in [4.69, 9.17) is 25.5 Å². The summed E-state index contributed by atoms with van der Waals surface area (Å²) in [5.41, 5.74) is 1.40. The van der Waals surface area contributed by atoms with Gasteiger partial charge < -0.3 is 28.8 Å². The van der Waals surface area contributed by atoms with Crippen LogP contribution in [0.1, 0.15) is 38.1 Å². The number of fused-ring (bicyclic) bond motifs is 2. The van der Waals surface area contributed by atoms with Crippen LogP contribution in [-0.4, -0.2) is 52.8 Å². The van der Waals surface area contributed by atoms with Crippen molar-refractivity contribution in [2.45, 2.75) is 32.6 Å². The second kappa shape index (κ2) is 9.09. The number of H-pyrrole nitrogens is 1. The first kappa shape index (κ1) is 24.1. The fourth-order valence-electron chi connectivity index (χ4n) is 4.20. The van der Waals surface area contributed by atoms with Crippen LogP contribution >= 0.6 is 0 Å². The van der Waals surface area contributed by atoms with Gasteiger partial charge in [0, 0.05) is 35.3 Å². The zero-order chi connectivity index (χ0) is 26.3. The molecule has 0 spiro atoms. The zero-order valence-electron chi connectivity index (χ0n) is 20.9. The zero-order valence-corrected chi connectivity index (χ0v) is 20.9. The van der Waals surface area contributed by atoms with Gasteiger partial charge in [0.25, 0.3) is 12.0 Å². The third-order valence-electron chi connectivity index (χ3n) is 5.86. The minimum Gasteiger partial charge on any atom is -0.458 e. The normalized spacial score (nSPS) is 16.5. The average molecular weight is 503 g/mol. The third-order valence-corrected chi connectivity index (χ3v) is 5.86. The highest BCUT2D eigenvalue weighted by Gasteiger charge is 2.44. The van der Waals surface area contributed by atoms with Crippen molar-refractivity contribution in [1.29, 1.82) is 0 Å². The molecule has 1 N–H and O–H groups in total. The van der Waals surface area contributed by atoms with Crippen LogP contribution in [-0.2, 0) is 14.3 Å². The molecular weight excluding hydrogens is 476 g/mol. The van der Waals surface area contributed by atoms with Crippen molar-refractivity contribution >= 4 is 28.7 Å². The minimum absolute atomic E-state index is 0.0232. The maximum absolute atomic E-state index is 13.6. The second-order valence-electron chi connectivity index (χ2n) is 9.70. The number of nitrogens with one attached hydrogen (secondary N) is 1. The Labute approximate surface area is 213 Å². The van der Waals surface area contributed by atoms with Crippen LogP contribution < -0.4 is 9.47 Å². The fourth-order valence-corrected chi connectivity index (χ4v) is 4.20. The van der Waals surface area contributed by atoms with Crippen LogP contribution in [0, 0.1) is 6.57 Å². The maximum atomic E-state index is 13.6. The Hall–Kier alpha value is -4.65. The van der Waals surface area contributed by atoms with E-state index in [0.717, 1.165) is 10.9 Å². The first-order valence-electron chi connectivity index (χ1n) is 11.7. The molecule has 1 unspecified atom stereocenters. The van der Waals surface area contributed by atoms with Crippen molar-refractivity contribution in [2.24, 2.45) is 0 Å². The second-order valence-corrected chi connectivity index (χ2v) is 9.70. The Bertz CT molecular complexity index is 1460. The highest BCUT2D eigenvalue weighted by Crippen LogP contribution is 2.45. The van der Waals surface area contributed by atoms with Gasteiger partial charge in [-0.25, -0.2) is 14.5 Å². The smallest absolute Gasteiger partial charge is 0.410 e. The number of hydrogen-bond donors (Lipinski definition) is 1. The van der Waals surface area contributed by atoms with E-state index in [1.54, 1.807) is 45.2 Å². The molecule has 2 aliphatic rings. The molecule has 10 heteroatoms. The molecule has 1 aromatic heterocycles. The van der Waals surface area contributed by atoms with Crippen LogP contribution in [0.3, 0.4) is 0 Å². The van der Waals surface area contributed by atoms with Crippen molar-refractivity contribution in [3.8, 4) is 11.5 Å². The SMILES string of the molecule is [C-]#[N+]C1=C(c2c[nH]c3ccccc23)OC(c2ccc3c(c2)OCO3)N1C(=O)CN(C)C(=O)OC(C)(C)C. The van der Waals surface area contributed by atoms with Crippen LogP contribution in [0.25, 0.3) is 21.5 Å². The lowest BCUT2D eigenvalue weighted by molar-refractivity contribution is -0.136. The molecule has 0 bridgehead atoms. The van der Waals surface area contributed by atoms with Crippen LogP contribution in [0.5, 0.6) is 11.5 Å². The topological polar surface area (TPSA) is 97.7 Å². The number of ether oxygens (including phenoxy) is 4. The lowest BCUT2D eigenvalue weighted by Crippen LogP contribution is -2.42. The van der Waals surface area contributed by atoms with Crippen LogP contribution in [0.2, 0.25) is 0 Å². The van der Waals surface area contributed by atoms with Gasteiger partial charge in [0.05, 0.1) is 0 Å². The van der Waals surface area contributed by atoms with Crippen molar-refractivity contribution in [3.63, 3.8) is 0 Å². The Morgan fingerprint density at radius 1 is 1.19 bits per heavy atom. The van der Waals surface area contributed by atoms with Crippen LogP contribution in [0.4, 0.5) is 4.79 Å². The van der Waals surface area contributed by atoms with Gasteiger partial charge in [0.15, 0.2) is 17.3 Å². The Balaban J connectivity index is 1.54. The molecule has 190 valence electrons. The standard InChI is InChI=1S/C27H26N4O6/c1-27(2,3)37-26(33)30(5)14-22(32)31-24(28-4)23(18-13-29-19-9-7-6-8-17(18)19)36-25(31)16-10-11-20-21(12-16)35-15-34-20/h6-13,25,29H,14-15H2,1-3,5H3. The molecule has 5 rings (SSSR count). The Morgan fingerprint density at radius 2 is 1.95 bits per heavy atom. The number of rotatable bonds is 4. The van der Waals surface area contributed by atoms with Gasteiger partial charge in [-0.15, -0.1) is 0 Å². The Kier molecular flexibility index (Phi) is 5.91. The van der Waals surface area contributed by atoms with Crippen molar-refractivity contribution in [1.82, 2.24) is 14.8 Å². The fraction of sp³-hybridized carbons (Fsp3) is 0.296. The number of benzene rings is 2. The predicted molar refractivity (Wildman–Crippen MR) is 134 cm³/mol. The number of nitrogens with zero attached hydrogens (tertiary/aromatic N) is 3. The van der Waals surface area contributed by atoms with E-state index >= 15 is 0 Å². The molecule has 2 amide bonds. The summed E-state index contributed by atoms with van der Waals surface area (Å²) < 4.78 is 22.7. The molecule has 1 atom stereocenters. The first-order valence-corrected chi connectivity index (χ1v) is 11.7. The number of carbonyl (C=O) groups is 2. The monoisotopic (exact) mass is 502 g/mol. The number of aromatic nitrogens is 1. The number of aromatic amines is 1. The van der Waals surface area contributed by atoms with Crippen LogP contribution in [0.15, 0.2) is 54.5 Å². The molecule has 2 aromatic carbocycles. The summed E-state index contributed by atoms with van der Waals surface area (Å²) in [6.07, 6.45) is 0.149. The van der Waals surface area contributed by atoms with E-state index < -0.39 is 23.8 Å². The predicted octanol–water partition coefficient (Wildman–Crippen LogP) is 4.87. The van der Waals surface area contributed by atoms with E-state index in [1.165, 1.54) is 16.8 Å². The average Bonchev–Trinajstić information content (AvgIpc) is 3.58. The van der Waals surface area contributed by atoms with E-state index in [-0.39, 0.29) is 24.9 Å². The van der Waals surface area contributed by atoms with E-state index in [1.807, 2.05) is 24.3 Å². The van der Waals surface area contributed by atoms with Crippen molar-refractivity contribution in [2.75, 3.05) is 20.4 Å². The van der Waals surface area contributed by atoms with E-state index in [2.05, 4.69) is 9.83 Å². The summed E-state index contributed by atoms with van der Waals surface area (Å²) in [4.78, 5) is 35.5. The highest BCUT2D eigenvalue weighted by atomic mass is 16.7. The molecule has 0 saturated carbocycles. The molecule has 0 saturated heterocycles. The molecule has 0 aliphatic carbocycles. The molecular formula is C27H26N4O6. The first-order chi connectivity index (χ1) is 17.7.